The molecule has 1 aromatic heterocycles. The lowest BCUT2D eigenvalue weighted by molar-refractivity contribution is -0.119. The van der Waals surface area contributed by atoms with E-state index in [9.17, 15) is 20.1 Å². The number of fused-ring (bicyclic) bond motifs is 1. The van der Waals surface area contributed by atoms with Crippen molar-refractivity contribution in [3.63, 3.8) is 0 Å². The fourth-order valence-corrected chi connectivity index (χ4v) is 3.85. The van der Waals surface area contributed by atoms with Crippen molar-refractivity contribution in [2.24, 2.45) is 5.41 Å². The minimum Gasteiger partial charge on any atom is -0.507 e. The zero-order valence-corrected chi connectivity index (χ0v) is 16.3. The van der Waals surface area contributed by atoms with Crippen LogP contribution in [0.5, 0.6) is 0 Å². The van der Waals surface area contributed by atoms with E-state index in [1.54, 1.807) is 12.1 Å². The Morgan fingerprint density at radius 1 is 1.39 bits per heavy atom. The number of carbonyl (C=O) groups excluding carboxylic acids is 1. The molecular formula is C20H29N3O5. The maximum Gasteiger partial charge on any atom is 0.255 e. The second-order valence-corrected chi connectivity index (χ2v) is 8.41. The molecule has 0 radical (unpaired) electrons. The van der Waals surface area contributed by atoms with E-state index < -0.39 is 24.8 Å². The molecule has 1 amide bonds. The van der Waals surface area contributed by atoms with Crippen LogP contribution in [0.2, 0.25) is 0 Å². The van der Waals surface area contributed by atoms with E-state index in [2.05, 4.69) is 24.1 Å². The fourth-order valence-electron chi connectivity index (χ4n) is 3.85. The number of aromatic nitrogens is 1. The van der Waals surface area contributed by atoms with E-state index in [1.165, 1.54) is 11.1 Å². The third kappa shape index (κ3) is 4.14. The highest BCUT2D eigenvalue weighted by Gasteiger charge is 2.38. The normalized spacial score (nSPS) is 23.3. The lowest BCUT2D eigenvalue weighted by atomic mass is 9.75. The monoisotopic (exact) mass is 391 g/mol. The molecule has 28 heavy (non-hydrogen) atoms. The van der Waals surface area contributed by atoms with Gasteiger partial charge in [0.05, 0.1) is 24.8 Å². The SMILES string of the molecule is CC1(C)CCC(NC(=O)C2=C(O)c3cccnc3N(CC(O)CO)C2O)CC1. The molecule has 3 rings (SSSR count). The van der Waals surface area contributed by atoms with Crippen LogP contribution in [-0.2, 0) is 4.79 Å². The van der Waals surface area contributed by atoms with Gasteiger partial charge < -0.3 is 30.6 Å². The molecule has 2 atom stereocenters. The summed E-state index contributed by atoms with van der Waals surface area (Å²) in [6, 6.07) is 3.20. The summed E-state index contributed by atoms with van der Waals surface area (Å²) in [6.45, 7) is 3.78. The number of hydrogen-bond acceptors (Lipinski definition) is 7. The Balaban J connectivity index is 1.85. The van der Waals surface area contributed by atoms with Crippen LogP contribution < -0.4 is 10.2 Å². The van der Waals surface area contributed by atoms with Crippen molar-refractivity contribution in [2.45, 2.75) is 57.9 Å². The van der Waals surface area contributed by atoms with Crippen molar-refractivity contribution >= 4 is 17.5 Å². The average Bonchev–Trinajstić information content (AvgIpc) is 2.66. The fraction of sp³-hybridized carbons (Fsp3) is 0.600. The summed E-state index contributed by atoms with van der Waals surface area (Å²) in [7, 11) is 0. The number of amides is 1. The number of aliphatic hydroxyl groups is 4. The molecule has 1 aromatic rings. The molecule has 8 heteroatoms. The van der Waals surface area contributed by atoms with Gasteiger partial charge in [0, 0.05) is 12.2 Å². The summed E-state index contributed by atoms with van der Waals surface area (Å²) in [5, 5.41) is 43.4. The van der Waals surface area contributed by atoms with Crippen LogP contribution in [0.4, 0.5) is 5.82 Å². The Morgan fingerprint density at radius 3 is 2.71 bits per heavy atom. The molecule has 2 unspecified atom stereocenters. The molecule has 0 spiro atoms. The number of β-amino-alcohol motifs (C(OH)–C–C–N with tert-alkyl or cyclic N) is 1. The van der Waals surface area contributed by atoms with Gasteiger partial charge in [0.25, 0.3) is 5.91 Å². The summed E-state index contributed by atoms with van der Waals surface area (Å²) in [6.07, 6.45) is 2.55. The van der Waals surface area contributed by atoms with Crippen LogP contribution in [0.1, 0.15) is 45.1 Å². The van der Waals surface area contributed by atoms with Gasteiger partial charge in [0.1, 0.15) is 17.2 Å². The lowest BCUT2D eigenvalue weighted by Crippen LogP contribution is -2.50. The lowest BCUT2D eigenvalue weighted by Gasteiger charge is -2.38. The number of pyridine rings is 1. The van der Waals surface area contributed by atoms with E-state index in [-0.39, 0.29) is 35.2 Å². The maximum absolute atomic E-state index is 12.9. The topological polar surface area (TPSA) is 126 Å². The van der Waals surface area contributed by atoms with Crippen molar-refractivity contribution < 1.29 is 25.2 Å². The first kappa shape index (κ1) is 20.6. The minimum atomic E-state index is -1.48. The van der Waals surface area contributed by atoms with Gasteiger partial charge in [0.2, 0.25) is 0 Å². The second kappa shape index (κ2) is 8.06. The van der Waals surface area contributed by atoms with Crippen molar-refractivity contribution in [2.75, 3.05) is 18.1 Å². The Hall–Kier alpha value is -2.16. The van der Waals surface area contributed by atoms with Gasteiger partial charge in [-0.2, -0.15) is 0 Å². The van der Waals surface area contributed by atoms with Crippen LogP contribution >= 0.6 is 0 Å². The number of aliphatic hydroxyl groups excluding tert-OH is 4. The van der Waals surface area contributed by atoms with Crippen LogP contribution in [0.25, 0.3) is 5.76 Å². The predicted octanol–water partition coefficient (Wildman–Crippen LogP) is 0.927. The molecule has 1 saturated carbocycles. The molecule has 1 fully saturated rings. The first-order valence-electron chi connectivity index (χ1n) is 9.66. The van der Waals surface area contributed by atoms with Gasteiger partial charge >= 0.3 is 0 Å². The summed E-state index contributed by atoms with van der Waals surface area (Å²) in [5.74, 6) is -0.609. The molecule has 0 bridgehead atoms. The van der Waals surface area contributed by atoms with E-state index in [0.717, 1.165) is 25.7 Å². The highest BCUT2D eigenvalue weighted by Crippen LogP contribution is 2.37. The van der Waals surface area contributed by atoms with Gasteiger partial charge in [-0.05, 0) is 43.2 Å². The molecule has 0 aromatic carbocycles. The largest absolute Gasteiger partial charge is 0.507 e. The Labute approximate surface area is 164 Å². The summed E-state index contributed by atoms with van der Waals surface area (Å²) in [4.78, 5) is 18.4. The standard InChI is InChI=1S/C20H29N3O5/c1-20(2)7-5-12(6-8-20)22-18(27)15-16(26)14-4-3-9-21-17(14)23(19(15)28)10-13(25)11-24/h3-4,9,12-13,19,24-26,28H,5-8,10-11H2,1-2H3,(H,22,27). The van der Waals surface area contributed by atoms with Gasteiger partial charge in [-0.1, -0.05) is 13.8 Å². The van der Waals surface area contributed by atoms with E-state index in [4.69, 9.17) is 5.11 Å². The number of hydrogen-bond donors (Lipinski definition) is 5. The highest BCUT2D eigenvalue weighted by atomic mass is 16.3. The Morgan fingerprint density at radius 2 is 2.07 bits per heavy atom. The van der Waals surface area contributed by atoms with Gasteiger partial charge in [-0.25, -0.2) is 4.98 Å². The zero-order chi connectivity index (χ0) is 20.5. The van der Waals surface area contributed by atoms with Crippen LogP contribution in [0.15, 0.2) is 23.9 Å². The molecule has 2 aliphatic rings. The van der Waals surface area contributed by atoms with Gasteiger partial charge in [-0.3, -0.25) is 4.79 Å². The first-order chi connectivity index (χ1) is 13.2. The zero-order valence-electron chi connectivity index (χ0n) is 16.3. The van der Waals surface area contributed by atoms with Crippen molar-refractivity contribution in [3.05, 3.63) is 29.5 Å². The van der Waals surface area contributed by atoms with Crippen molar-refractivity contribution in [1.82, 2.24) is 10.3 Å². The number of nitrogens with zero attached hydrogens (tertiary/aromatic N) is 2. The first-order valence-corrected chi connectivity index (χ1v) is 9.66. The maximum atomic E-state index is 12.9. The highest BCUT2D eigenvalue weighted by molar-refractivity contribution is 6.03. The Kier molecular flexibility index (Phi) is 5.92. The smallest absolute Gasteiger partial charge is 0.255 e. The molecular weight excluding hydrogens is 362 g/mol. The molecule has 8 nitrogen and oxygen atoms in total. The third-order valence-electron chi connectivity index (χ3n) is 5.66. The van der Waals surface area contributed by atoms with Gasteiger partial charge in [-0.15, -0.1) is 0 Å². The van der Waals surface area contributed by atoms with Crippen LogP contribution in [0, 0.1) is 5.41 Å². The molecule has 1 aliphatic heterocycles. The second-order valence-electron chi connectivity index (χ2n) is 8.41. The molecule has 2 heterocycles. The molecule has 5 N–H and O–H groups in total. The predicted molar refractivity (Wildman–Crippen MR) is 104 cm³/mol. The third-order valence-corrected chi connectivity index (χ3v) is 5.66. The number of anilines is 1. The number of carbonyl (C=O) groups is 1. The molecule has 1 aliphatic carbocycles. The van der Waals surface area contributed by atoms with E-state index >= 15 is 0 Å². The summed E-state index contributed by atoms with van der Waals surface area (Å²) in [5.41, 5.74) is 0.387. The average molecular weight is 391 g/mol. The van der Waals surface area contributed by atoms with E-state index in [1.807, 2.05) is 0 Å². The molecule has 154 valence electrons. The number of nitrogens with one attached hydrogen (secondary N) is 1. The summed E-state index contributed by atoms with van der Waals surface area (Å²) < 4.78 is 0. The van der Waals surface area contributed by atoms with Crippen molar-refractivity contribution in [3.8, 4) is 0 Å². The van der Waals surface area contributed by atoms with Crippen molar-refractivity contribution in [1.29, 1.82) is 0 Å². The van der Waals surface area contributed by atoms with Crippen LogP contribution in [0.3, 0.4) is 0 Å². The number of rotatable bonds is 5. The Bertz CT molecular complexity index is 754. The molecule has 0 saturated heterocycles. The summed E-state index contributed by atoms with van der Waals surface area (Å²) >= 11 is 0. The van der Waals surface area contributed by atoms with E-state index in [0.29, 0.717) is 5.56 Å². The van der Waals surface area contributed by atoms with Crippen LogP contribution in [-0.4, -0.2) is 62.8 Å². The van der Waals surface area contributed by atoms with Gasteiger partial charge in [0.15, 0.2) is 6.23 Å². The quantitative estimate of drug-likeness (QED) is 0.505. The minimum absolute atomic E-state index is 0.0141.